The van der Waals surface area contributed by atoms with Crippen LogP contribution in [0.5, 0.6) is 0 Å². The molecule has 3 aromatic heterocycles. The molecule has 1 amide bonds. The number of anilines is 1. The van der Waals surface area contributed by atoms with E-state index in [4.69, 9.17) is 8.83 Å². The van der Waals surface area contributed by atoms with Crippen LogP contribution in [0.4, 0.5) is 5.88 Å². The van der Waals surface area contributed by atoms with E-state index < -0.39 is 5.97 Å². The molecule has 0 bridgehead atoms. The zero-order chi connectivity index (χ0) is 25.4. The lowest BCUT2D eigenvalue weighted by Gasteiger charge is -2.32. The van der Waals surface area contributed by atoms with Crippen molar-refractivity contribution >= 4 is 28.9 Å². The molecule has 5 rings (SSSR count). The van der Waals surface area contributed by atoms with Gasteiger partial charge in [0.2, 0.25) is 11.8 Å². The van der Waals surface area contributed by atoms with Crippen molar-refractivity contribution in [3.63, 3.8) is 0 Å². The smallest absolute Gasteiger partial charge is 0.341 e. The number of aromatic carboxylic acids is 1. The number of furan rings is 2. The number of carbonyl (C=O) groups is 2. The highest BCUT2D eigenvalue weighted by molar-refractivity contribution is 6.02. The molecule has 0 saturated heterocycles. The number of fused-ring (bicyclic) bond motifs is 1. The summed E-state index contributed by atoms with van der Waals surface area (Å²) < 4.78 is 12.0. The van der Waals surface area contributed by atoms with Crippen molar-refractivity contribution in [2.24, 2.45) is 11.8 Å². The van der Waals surface area contributed by atoms with Gasteiger partial charge >= 0.3 is 5.97 Å². The van der Waals surface area contributed by atoms with Gasteiger partial charge < -0.3 is 13.9 Å². The summed E-state index contributed by atoms with van der Waals surface area (Å²) in [6.07, 6.45) is 5.37. The fraction of sp³-hybridized carbons (Fsp3) is 0.345. The number of carbonyl (C=O) groups excluding carboxylic acids is 1. The number of aromatic nitrogens is 1. The molecule has 0 aliphatic heterocycles. The van der Waals surface area contributed by atoms with Gasteiger partial charge in [0.1, 0.15) is 22.6 Å². The van der Waals surface area contributed by atoms with Crippen molar-refractivity contribution in [3.05, 3.63) is 60.3 Å². The lowest BCUT2D eigenvalue weighted by Crippen LogP contribution is -2.42. The number of rotatable bonds is 6. The molecular formula is C29H30N2O5. The van der Waals surface area contributed by atoms with Gasteiger partial charge in [-0.1, -0.05) is 31.2 Å². The largest absolute Gasteiger partial charge is 0.477 e. The van der Waals surface area contributed by atoms with Gasteiger partial charge in [-0.2, -0.15) is 0 Å². The number of benzene rings is 1. The van der Waals surface area contributed by atoms with Crippen LogP contribution in [0.1, 0.15) is 56.8 Å². The highest BCUT2D eigenvalue weighted by atomic mass is 16.4. The summed E-state index contributed by atoms with van der Waals surface area (Å²) in [5.74, 6) is 0.511. The maximum atomic E-state index is 13.5. The molecule has 7 heteroatoms. The van der Waals surface area contributed by atoms with E-state index in [0.717, 1.165) is 36.8 Å². The third-order valence-corrected chi connectivity index (χ3v) is 7.02. The van der Waals surface area contributed by atoms with Crippen LogP contribution in [0.3, 0.4) is 0 Å². The minimum absolute atomic E-state index is 0.0105. The number of hydrogen-bond acceptors (Lipinski definition) is 5. The van der Waals surface area contributed by atoms with Crippen LogP contribution < -0.4 is 4.90 Å². The first-order chi connectivity index (χ1) is 17.3. The molecule has 0 spiro atoms. The fourth-order valence-corrected chi connectivity index (χ4v) is 4.96. The predicted octanol–water partition coefficient (Wildman–Crippen LogP) is 7.02. The third kappa shape index (κ3) is 4.53. The van der Waals surface area contributed by atoms with Crippen LogP contribution in [0.15, 0.2) is 63.6 Å². The Labute approximate surface area is 209 Å². The van der Waals surface area contributed by atoms with E-state index in [9.17, 15) is 14.7 Å². The number of carboxylic acid groups (broad SMARTS) is 1. The molecule has 1 fully saturated rings. The molecule has 1 saturated carbocycles. The Kier molecular flexibility index (Phi) is 6.39. The number of carboxylic acids is 1. The van der Waals surface area contributed by atoms with E-state index in [1.54, 1.807) is 6.20 Å². The zero-order valence-corrected chi connectivity index (χ0v) is 20.7. The molecular weight excluding hydrogens is 456 g/mol. The maximum absolute atomic E-state index is 13.5. The highest BCUT2D eigenvalue weighted by Crippen LogP contribution is 2.37. The average Bonchev–Trinajstić information content (AvgIpc) is 3.49. The summed E-state index contributed by atoms with van der Waals surface area (Å²) in [5, 5.41) is 9.93. The number of amides is 1. The van der Waals surface area contributed by atoms with Crippen molar-refractivity contribution in [3.8, 4) is 22.6 Å². The van der Waals surface area contributed by atoms with E-state index in [1.807, 2.05) is 56.3 Å². The second-order valence-electron chi connectivity index (χ2n) is 9.97. The molecule has 7 nitrogen and oxygen atoms in total. The van der Waals surface area contributed by atoms with Crippen LogP contribution in [-0.4, -0.2) is 28.0 Å². The summed E-state index contributed by atoms with van der Waals surface area (Å²) in [7, 11) is 0. The molecule has 0 unspecified atom stereocenters. The molecule has 0 atom stereocenters. The standard InChI is InChI=1S/C29H30N2O5/c1-17(2)31(27(32)21-8-6-18(3)7-9-21)28-22(29(33)34)15-25(36-28)19-10-12-20(13-11-19)26-16-23-24(35-26)5-4-14-30-23/h4-5,10-18,21H,6-9H2,1-3H3,(H,33,34). The Morgan fingerprint density at radius 2 is 1.61 bits per heavy atom. The average molecular weight is 487 g/mol. The number of hydrogen-bond donors (Lipinski definition) is 1. The first-order valence-electron chi connectivity index (χ1n) is 12.5. The van der Waals surface area contributed by atoms with Gasteiger partial charge in [-0.25, -0.2) is 4.79 Å². The third-order valence-electron chi connectivity index (χ3n) is 7.02. The molecule has 4 aromatic rings. The molecule has 36 heavy (non-hydrogen) atoms. The van der Waals surface area contributed by atoms with Crippen molar-refractivity contribution in [1.82, 2.24) is 4.98 Å². The predicted molar refractivity (Wildman–Crippen MR) is 138 cm³/mol. The van der Waals surface area contributed by atoms with E-state index in [0.29, 0.717) is 28.6 Å². The van der Waals surface area contributed by atoms with Crippen molar-refractivity contribution in [2.45, 2.75) is 52.5 Å². The second-order valence-corrected chi connectivity index (χ2v) is 9.97. The Morgan fingerprint density at radius 1 is 0.972 bits per heavy atom. The van der Waals surface area contributed by atoms with Gasteiger partial charge in [0.15, 0.2) is 5.58 Å². The molecule has 1 aliphatic rings. The lowest BCUT2D eigenvalue weighted by atomic mass is 9.82. The van der Waals surface area contributed by atoms with Gasteiger partial charge in [-0.3, -0.25) is 14.7 Å². The SMILES string of the molecule is CC1CCC(C(=O)N(c2oc(-c3ccc(-c4cc5ncccc5o4)cc3)cc2C(=O)O)C(C)C)CC1. The van der Waals surface area contributed by atoms with E-state index in [-0.39, 0.29) is 29.3 Å². The summed E-state index contributed by atoms with van der Waals surface area (Å²) >= 11 is 0. The van der Waals surface area contributed by atoms with Crippen molar-refractivity contribution in [2.75, 3.05) is 4.90 Å². The highest BCUT2D eigenvalue weighted by Gasteiger charge is 2.34. The molecule has 1 aliphatic carbocycles. The van der Waals surface area contributed by atoms with Crippen LogP contribution in [0.2, 0.25) is 0 Å². The molecule has 1 aromatic carbocycles. The summed E-state index contributed by atoms with van der Waals surface area (Å²) in [6, 6.07) is 14.3. The quantitative estimate of drug-likeness (QED) is 0.314. The Bertz CT molecular complexity index is 1360. The summed E-state index contributed by atoms with van der Waals surface area (Å²) in [6.45, 7) is 5.97. The van der Waals surface area contributed by atoms with Crippen molar-refractivity contribution < 1.29 is 23.5 Å². The van der Waals surface area contributed by atoms with Crippen LogP contribution in [-0.2, 0) is 4.79 Å². The van der Waals surface area contributed by atoms with E-state index in [1.165, 1.54) is 11.0 Å². The molecule has 0 radical (unpaired) electrons. The summed E-state index contributed by atoms with van der Waals surface area (Å²) in [5.41, 5.74) is 3.06. The second kappa shape index (κ2) is 9.64. The minimum atomic E-state index is -1.12. The Hall–Kier alpha value is -3.87. The monoisotopic (exact) mass is 486 g/mol. The molecule has 1 N–H and O–H groups in total. The first kappa shape index (κ1) is 23.9. The molecule has 3 heterocycles. The van der Waals surface area contributed by atoms with Gasteiger partial charge in [-0.05, 0) is 57.6 Å². The topological polar surface area (TPSA) is 96.8 Å². The lowest BCUT2D eigenvalue weighted by molar-refractivity contribution is -0.124. The van der Waals surface area contributed by atoms with Gasteiger partial charge in [-0.15, -0.1) is 0 Å². The van der Waals surface area contributed by atoms with Gasteiger partial charge in [0, 0.05) is 41.4 Å². The van der Waals surface area contributed by atoms with E-state index in [2.05, 4.69) is 11.9 Å². The molecule has 186 valence electrons. The van der Waals surface area contributed by atoms with E-state index >= 15 is 0 Å². The Balaban J connectivity index is 1.46. The zero-order valence-electron chi connectivity index (χ0n) is 20.7. The number of pyridine rings is 1. The van der Waals surface area contributed by atoms with Gasteiger partial charge in [0.25, 0.3) is 0 Å². The number of nitrogens with zero attached hydrogens (tertiary/aromatic N) is 2. The first-order valence-corrected chi connectivity index (χ1v) is 12.5. The fourth-order valence-electron chi connectivity index (χ4n) is 4.96. The normalized spacial score (nSPS) is 18.0. The minimum Gasteiger partial charge on any atom is -0.477 e. The van der Waals surface area contributed by atoms with Crippen LogP contribution in [0, 0.1) is 11.8 Å². The van der Waals surface area contributed by atoms with Gasteiger partial charge in [0.05, 0.1) is 0 Å². The Morgan fingerprint density at radius 3 is 2.19 bits per heavy atom. The van der Waals surface area contributed by atoms with Crippen LogP contribution >= 0.6 is 0 Å². The maximum Gasteiger partial charge on any atom is 0.341 e. The summed E-state index contributed by atoms with van der Waals surface area (Å²) in [4.78, 5) is 31.5. The van der Waals surface area contributed by atoms with Crippen LogP contribution in [0.25, 0.3) is 33.7 Å². The van der Waals surface area contributed by atoms with Crippen molar-refractivity contribution in [1.29, 1.82) is 0 Å².